The number of nitro groups is 1. The van der Waals surface area contributed by atoms with E-state index in [4.69, 9.17) is 21.1 Å². The van der Waals surface area contributed by atoms with E-state index in [9.17, 15) is 10.1 Å². The zero-order valence-corrected chi connectivity index (χ0v) is 17.2. The molecule has 0 bridgehead atoms. The smallest absolute Gasteiger partial charge is 0.269 e. The Hall–Kier alpha value is -2.35. The Bertz CT molecular complexity index is 823. The van der Waals surface area contributed by atoms with Crippen molar-refractivity contribution >= 4 is 17.3 Å². The summed E-state index contributed by atoms with van der Waals surface area (Å²) in [5, 5.41) is 18.2. The second-order valence-corrected chi connectivity index (χ2v) is 7.54. The molecular formula is C21H26ClN3O4. The Morgan fingerprint density at radius 2 is 1.93 bits per heavy atom. The lowest BCUT2D eigenvalue weighted by Crippen LogP contribution is -2.33. The van der Waals surface area contributed by atoms with E-state index < -0.39 is 4.92 Å². The van der Waals surface area contributed by atoms with E-state index in [1.807, 2.05) is 6.07 Å². The molecule has 0 spiro atoms. The van der Waals surface area contributed by atoms with Gasteiger partial charge in [-0.15, -0.1) is 0 Å². The van der Waals surface area contributed by atoms with Crippen molar-refractivity contribution in [1.29, 1.82) is 0 Å². The Labute approximate surface area is 175 Å². The number of rotatable bonds is 9. The number of nitrogens with one attached hydrogen (secondary N) is 2. The number of nitro benzene ring substituents is 1. The highest BCUT2D eigenvalue weighted by Gasteiger charge is 2.14. The van der Waals surface area contributed by atoms with Gasteiger partial charge in [0, 0.05) is 29.8 Å². The molecule has 7 nitrogen and oxygen atoms in total. The van der Waals surface area contributed by atoms with Gasteiger partial charge in [0.1, 0.15) is 6.61 Å². The molecular weight excluding hydrogens is 394 g/mol. The normalized spacial score (nSPS) is 14.6. The number of benzene rings is 2. The van der Waals surface area contributed by atoms with Crippen molar-refractivity contribution < 1.29 is 14.4 Å². The van der Waals surface area contributed by atoms with Crippen molar-refractivity contribution in [3.05, 3.63) is 62.7 Å². The van der Waals surface area contributed by atoms with Gasteiger partial charge in [-0.25, -0.2) is 0 Å². The highest BCUT2D eigenvalue weighted by Crippen LogP contribution is 2.34. The lowest BCUT2D eigenvalue weighted by Gasteiger charge is -2.23. The lowest BCUT2D eigenvalue weighted by atomic mass is 9.98. The molecule has 156 valence electrons. The van der Waals surface area contributed by atoms with Gasteiger partial charge in [0.2, 0.25) is 0 Å². The molecule has 1 heterocycles. The third kappa shape index (κ3) is 6.06. The molecule has 0 aliphatic carbocycles. The van der Waals surface area contributed by atoms with E-state index in [0.717, 1.165) is 30.8 Å². The quantitative estimate of drug-likeness (QED) is 0.473. The third-order valence-corrected chi connectivity index (χ3v) is 5.43. The maximum atomic E-state index is 10.7. The highest BCUT2D eigenvalue weighted by atomic mass is 35.5. The largest absolute Gasteiger partial charge is 0.493 e. The van der Waals surface area contributed by atoms with Crippen LogP contribution in [0.2, 0.25) is 5.02 Å². The van der Waals surface area contributed by atoms with Gasteiger partial charge in [0.25, 0.3) is 5.69 Å². The fraction of sp³-hybridized carbons (Fsp3) is 0.429. The van der Waals surface area contributed by atoms with Gasteiger partial charge < -0.3 is 20.1 Å². The molecule has 1 fully saturated rings. The molecule has 0 atom stereocenters. The van der Waals surface area contributed by atoms with Crippen molar-refractivity contribution in [1.82, 2.24) is 10.6 Å². The van der Waals surface area contributed by atoms with Crippen LogP contribution in [0.1, 0.15) is 24.0 Å². The van der Waals surface area contributed by atoms with Crippen molar-refractivity contribution in [3.63, 3.8) is 0 Å². The van der Waals surface area contributed by atoms with Gasteiger partial charge in [0.05, 0.1) is 12.0 Å². The number of ether oxygens (including phenoxy) is 2. The SMILES string of the molecule is COc1cc(CNCC2CCNCC2)c(Cl)cc1OCc1ccc([N+](=O)[O-])cc1. The molecule has 29 heavy (non-hydrogen) atoms. The van der Waals surface area contributed by atoms with Gasteiger partial charge in [-0.3, -0.25) is 10.1 Å². The van der Waals surface area contributed by atoms with Crippen molar-refractivity contribution in [2.24, 2.45) is 5.92 Å². The van der Waals surface area contributed by atoms with Crippen LogP contribution < -0.4 is 20.1 Å². The molecule has 0 amide bonds. The van der Waals surface area contributed by atoms with E-state index in [2.05, 4.69) is 10.6 Å². The average molecular weight is 420 g/mol. The molecule has 0 saturated carbocycles. The number of piperidine rings is 1. The molecule has 2 aromatic rings. The van der Waals surface area contributed by atoms with Crippen LogP contribution in [0.25, 0.3) is 0 Å². The van der Waals surface area contributed by atoms with Gasteiger partial charge in [-0.2, -0.15) is 0 Å². The second kappa shape index (κ2) is 10.4. The van der Waals surface area contributed by atoms with E-state index in [0.29, 0.717) is 29.0 Å². The Morgan fingerprint density at radius 3 is 2.59 bits per heavy atom. The molecule has 2 N–H and O–H groups in total. The van der Waals surface area contributed by atoms with E-state index in [1.165, 1.54) is 25.0 Å². The Balaban J connectivity index is 1.59. The summed E-state index contributed by atoms with van der Waals surface area (Å²) in [4.78, 5) is 10.3. The maximum Gasteiger partial charge on any atom is 0.269 e. The standard InChI is InChI=1S/C21H26ClN3O4/c1-28-20-10-17(13-24-12-15-6-8-23-9-7-15)19(22)11-21(20)29-14-16-2-4-18(5-3-16)25(26)27/h2-5,10-11,15,23-24H,6-9,12-14H2,1H3. The first-order valence-corrected chi connectivity index (χ1v) is 10.1. The molecule has 0 radical (unpaired) electrons. The fourth-order valence-electron chi connectivity index (χ4n) is 3.36. The molecule has 8 heteroatoms. The zero-order valence-electron chi connectivity index (χ0n) is 16.4. The van der Waals surface area contributed by atoms with Crippen LogP contribution >= 0.6 is 11.6 Å². The maximum absolute atomic E-state index is 10.7. The summed E-state index contributed by atoms with van der Waals surface area (Å²) < 4.78 is 11.3. The summed E-state index contributed by atoms with van der Waals surface area (Å²) in [6.07, 6.45) is 2.39. The first-order valence-electron chi connectivity index (χ1n) is 9.71. The van der Waals surface area contributed by atoms with Crippen molar-refractivity contribution in [2.75, 3.05) is 26.7 Å². The minimum Gasteiger partial charge on any atom is -0.493 e. The Kier molecular flexibility index (Phi) is 7.69. The van der Waals surface area contributed by atoms with Crippen LogP contribution in [-0.4, -0.2) is 31.7 Å². The topological polar surface area (TPSA) is 85.7 Å². The first kappa shape index (κ1) is 21.4. The molecule has 1 saturated heterocycles. The summed E-state index contributed by atoms with van der Waals surface area (Å²) in [7, 11) is 1.59. The number of hydrogen-bond acceptors (Lipinski definition) is 6. The first-order chi connectivity index (χ1) is 14.1. The zero-order chi connectivity index (χ0) is 20.6. The van der Waals surface area contributed by atoms with Gasteiger partial charge in [-0.05, 0) is 67.7 Å². The molecule has 0 unspecified atom stereocenters. The molecule has 0 aromatic heterocycles. The van der Waals surface area contributed by atoms with Crippen molar-refractivity contribution in [3.8, 4) is 11.5 Å². The number of methoxy groups -OCH3 is 1. The number of halogens is 1. The highest BCUT2D eigenvalue weighted by molar-refractivity contribution is 6.31. The minimum absolute atomic E-state index is 0.0516. The van der Waals surface area contributed by atoms with Gasteiger partial charge in [-0.1, -0.05) is 11.6 Å². The summed E-state index contributed by atoms with van der Waals surface area (Å²) in [6.45, 7) is 4.07. The van der Waals surface area contributed by atoms with Crippen LogP contribution in [0, 0.1) is 16.0 Å². The molecule has 3 rings (SSSR count). The second-order valence-electron chi connectivity index (χ2n) is 7.13. The third-order valence-electron chi connectivity index (χ3n) is 5.08. The monoisotopic (exact) mass is 419 g/mol. The predicted molar refractivity (Wildman–Crippen MR) is 113 cm³/mol. The summed E-state index contributed by atoms with van der Waals surface area (Å²) in [5.41, 5.74) is 1.83. The number of nitrogens with zero attached hydrogens (tertiary/aromatic N) is 1. The summed E-state index contributed by atoms with van der Waals surface area (Å²) >= 11 is 6.46. The van der Waals surface area contributed by atoms with Crippen LogP contribution in [0.15, 0.2) is 36.4 Å². The van der Waals surface area contributed by atoms with Gasteiger partial charge in [0.15, 0.2) is 11.5 Å². The predicted octanol–water partition coefficient (Wildman–Crippen LogP) is 3.93. The van der Waals surface area contributed by atoms with E-state index in [-0.39, 0.29) is 12.3 Å². The average Bonchev–Trinajstić information content (AvgIpc) is 2.74. The summed E-state index contributed by atoms with van der Waals surface area (Å²) in [5.74, 6) is 1.84. The van der Waals surface area contributed by atoms with Crippen LogP contribution in [0.5, 0.6) is 11.5 Å². The van der Waals surface area contributed by atoms with Gasteiger partial charge >= 0.3 is 0 Å². The minimum atomic E-state index is -0.425. The van der Waals surface area contributed by atoms with Crippen molar-refractivity contribution in [2.45, 2.75) is 26.0 Å². The lowest BCUT2D eigenvalue weighted by molar-refractivity contribution is -0.384. The van der Waals surface area contributed by atoms with Crippen LogP contribution in [0.3, 0.4) is 0 Å². The number of hydrogen-bond donors (Lipinski definition) is 2. The van der Waals surface area contributed by atoms with Crippen LogP contribution in [0.4, 0.5) is 5.69 Å². The Morgan fingerprint density at radius 1 is 1.21 bits per heavy atom. The molecule has 1 aliphatic rings. The molecule has 2 aromatic carbocycles. The fourth-order valence-corrected chi connectivity index (χ4v) is 3.58. The summed E-state index contributed by atoms with van der Waals surface area (Å²) in [6, 6.07) is 9.91. The van der Waals surface area contributed by atoms with E-state index >= 15 is 0 Å². The van der Waals surface area contributed by atoms with Crippen LogP contribution in [-0.2, 0) is 13.2 Å². The number of non-ortho nitro benzene ring substituents is 1. The van der Waals surface area contributed by atoms with E-state index in [1.54, 1.807) is 25.3 Å². The molecule has 1 aliphatic heterocycles.